The van der Waals surface area contributed by atoms with E-state index in [1.165, 1.54) is 57.8 Å². The zero-order valence-corrected chi connectivity index (χ0v) is 11.5. The molecule has 92 valence electrons. The Balaban J connectivity index is 3.72. The van der Waals surface area contributed by atoms with Gasteiger partial charge in [-0.05, 0) is 18.3 Å². The Morgan fingerprint density at radius 3 is 1.93 bits per heavy atom. The Kier molecular flexibility index (Phi) is 10.5. The molecule has 0 saturated carbocycles. The van der Waals surface area contributed by atoms with Crippen molar-refractivity contribution in [2.24, 2.45) is 11.8 Å². The van der Waals surface area contributed by atoms with Gasteiger partial charge in [-0.1, -0.05) is 79.1 Å². The molecule has 0 bridgehead atoms. The minimum Gasteiger partial charge on any atom is -0.0654 e. The van der Waals surface area contributed by atoms with Crippen LogP contribution in [-0.2, 0) is 0 Å². The fraction of sp³-hybridized carbons (Fsp3) is 1.00. The van der Waals surface area contributed by atoms with Gasteiger partial charge >= 0.3 is 0 Å². The van der Waals surface area contributed by atoms with Crippen molar-refractivity contribution in [1.82, 2.24) is 0 Å². The Morgan fingerprint density at radius 1 is 0.800 bits per heavy atom. The van der Waals surface area contributed by atoms with Crippen LogP contribution in [0.5, 0.6) is 0 Å². The molecule has 15 heavy (non-hydrogen) atoms. The Bertz CT molecular complexity index is 117. The van der Waals surface area contributed by atoms with E-state index in [1.807, 2.05) is 0 Å². The molecule has 0 radical (unpaired) electrons. The molecule has 0 saturated heterocycles. The van der Waals surface area contributed by atoms with Crippen molar-refractivity contribution in [2.75, 3.05) is 0 Å². The maximum Gasteiger partial charge on any atom is -0.0412 e. The SMILES string of the molecule is CCCCCC(CCCC)CC(C)CC. The van der Waals surface area contributed by atoms with Crippen LogP contribution in [0.4, 0.5) is 0 Å². The monoisotopic (exact) mass is 212 g/mol. The van der Waals surface area contributed by atoms with E-state index in [2.05, 4.69) is 27.7 Å². The molecule has 0 rings (SSSR count). The van der Waals surface area contributed by atoms with Crippen molar-refractivity contribution in [1.29, 1.82) is 0 Å². The van der Waals surface area contributed by atoms with Crippen LogP contribution < -0.4 is 0 Å². The molecule has 0 nitrogen and oxygen atoms in total. The van der Waals surface area contributed by atoms with Crippen LogP contribution in [0, 0.1) is 11.8 Å². The Labute approximate surface area is 97.8 Å². The van der Waals surface area contributed by atoms with Crippen LogP contribution in [0.3, 0.4) is 0 Å². The molecule has 0 aliphatic carbocycles. The fourth-order valence-electron chi connectivity index (χ4n) is 2.29. The molecule has 0 aromatic carbocycles. The zero-order chi connectivity index (χ0) is 11.5. The summed E-state index contributed by atoms with van der Waals surface area (Å²) in [6, 6.07) is 0. The maximum atomic E-state index is 2.42. The maximum absolute atomic E-state index is 2.42. The van der Waals surface area contributed by atoms with Gasteiger partial charge in [0, 0.05) is 0 Å². The predicted molar refractivity (Wildman–Crippen MR) is 71.2 cm³/mol. The summed E-state index contributed by atoms with van der Waals surface area (Å²) in [5, 5.41) is 0. The van der Waals surface area contributed by atoms with Gasteiger partial charge in [-0.2, -0.15) is 0 Å². The number of hydrogen-bond donors (Lipinski definition) is 0. The zero-order valence-electron chi connectivity index (χ0n) is 11.5. The van der Waals surface area contributed by atoms with E-state index in [0.717, 1.165) is 11.8 Å². The highest BCUT2D eigenvalue weighted by atomic mass is 14.2. The largest absolute Gasteiger partial charge is 0.0654 e. The number of unbranched alkanes of at least 4 members (excludes halogenated alkanes) is 3. The molecule has 0 aliphatic rings. The van der Waals surface area contributed by atoms with Crippen LogP contribution in [0.25, 0.3) is 0 Å². The molecule has 0 aromatic rings. The summed E-state index contributed by atoms with van der Waals surface area (Å²) in [6.45, 7) is 9.36. The second kappa shape index (κ2) is 10.5. The molecule has 0 heteroatoms. The second-order valence-electron chi connectivity index (χ2n) is 5.25. The smallest absolute Gasteiger partial charge is 0.0412 e. The van der Waals surface area contributed by atoms with Gasteiger partial charge in [-0.25, -0.2) is 0 Å². The van der Waals surface area contributed by atoms with Crippen LogP contribution in [-0.4, -0.2) is 0 Å². The van der Waals surface area contributed by atoms with E-state index in [0.29, 0.717) is 0 Å². The highest BCUT2D eigenvalue weighted by molar-refractivity contribution is 4.63. The van der Waals surface area contributed by atoms with E-state index in [1.54, 1.807) is 0 Å². The molecule has 0 heterocycles. The van der Waals surface area contributed by atoms with Crippen molar-refractivity contribution < 1.29 is 0 Å². The van der Waals surface area contributed by atoms with Crippen LogP contribution in [0.1, 0.15) is 85.5 Å². The van der Waals surface area contributed by atoms with Gasteiger partial charge in [0.2, 0.25) is 0 Å². The summed E-state index contributed by atoms with van der Waals surface area (Å²) in [5.74, 6) is 1.96. The number of hydrogen-bond acceptors (Lipinski definition) is 0. The molecule has 0 aliphatic heterocycles. The van der Waals surface area contributed by atoms with Crippen molar-refractivity contribution >= 4 is 0 Å². The molecule has 0 N–H and O–H groups in total. The minimum absolute atomic E-state index is 0.938. The van der Waals surface area contributed by atoms with Crippen LogP contribution >= 0.6 is 0 Å². The van der Waals surface area contributed by atoms with E-state index < -0.39 is 0 Å². The lowest BCUT2D eigenvalue weighted by Crippen LogP contribution is -2.06. The van der Waals surface area contributed by atoms with E-state index >= 15 is 0 Å². The molecule has 0 fully saturated rings. The van der Waals surface area contributed by atoms with Gasteiger partial charge in [-0.3, -0.25) is 0 Å². The average Bonchev–Trinajstić information content (AvgIpc) is 2.25. The topological polar surface area (TPSA) is 0 Å². The molecular weight excluding hydrogens is 180 g/mol. The van der Waals surface area contributed by atoms with Crippen LogP contribution in [0.2, 0.25) is 0 Å². The molecule has 0 amide bonds. The summed E-state index contributed by atoms with van der Waals surface area (Å²) in [5.41, 5.74) is 0. The van der Waals surface area contributed by atoms with E-state index in [-0.39, 0.29) is 0 Å². The van der Waals surface area contributed by atoms with Gasteiger partial charge in [-0.15, -0.1) is 0 Å². The van der Waals surface area contributed by atoms with Crippen molar-refractivity contribution in [3.63, 3.8) is 0 Å². The lowest BCUT2D eigenvalue weighted by molar-refractivity contribution is 0.328. The van der Waals surface area contributed by atoms with Crippen molar-refractivity contribution in [3.05, 3.63) is 0 Å². The third-order valence-corrected chi connectivity index (χ3v) is 3.61. The lowest BCUT2D eigenvalue weighted by atomic mass is 9.86. The van der Waals surface area contributed by atoms with Gasteiger partial charge in [0.15, 0.2) is 0 Å². The minimum atomic E-state index is 0.938. The van der Waals surface area contributed by atoms with E-state index in [4.69, 9.17) is 0 Å². The van der Waals surface area contributed by atoms with Crippen LogP contribution in [0.15, 0.2) is 0 Å². The van der Waals surface area contributed by atoms with Gasteiger partial charge in [0.1, 0.15) is 0 Å². The van der Waals surface area contributed by atoms with E-state index in [9.17, 15) is 0 Å². The first-order valence-corrected chi connectivity index (χ1v) is 7.24. The quantitative estimate of drug-likeness (QED) is 0.401. The van der Waals surface area contributed by atoms with Gasteiger partial charge < -0.3 is 0 Å². The number of rotatable bonds is 10. The van der Waals surface area contributed by atoms with Gasteiger partial charge in [0.05, 0.1) is 0 Å². The van der Waals surface area contributed by atoms with Gasteiger partial charge in [0.25, 0.3) is 0 Å². The summed E-state index contributed by atoms with van der Waals surface area (Å²) < 4.78 is 0. The third kappa shape index (κ3) is 8.96. The predicted octanol–water partition coefficient (Wildman–Crippen LogP) is 5.81. The fourth-order valence-corrected chi connectivity index (χ4v) is 2.29. The summed E-state index contributed by atoms with van der Waals surface area (Å²) in [7, 11) is 0. The summed E-state index contributed by atoms with van der Waals surface area (Å²) in [6.07, 6.45) is 12.9. The lowest BCUT2D eigenvalue weighted by Gasteiger charge is -2.20. The summed E-state index contributed by atoms with van der Waals surface area (Å²) >= 11 is 0. The molecule has 0 spiro atoms. The third-order valence-electron chi connectivity index (χ3n) is 3.61. The molecular formula is C15H32. The second-order valence-corrected chi connectivity index (χ2v) is 5.25. The highest BCUT2D eigenvalue weighted by Crippen LogP contribution is 2.25. The normalized spacial score (nSPS) is 15.2. The summed E-state index contributed by atoms with van der Waals surface area (Å²) in [4.78, 5) is 0. The Hall–Kier alpha value is 0. The molecule has 2 unspecified atom stereocenters. The first kappa shape index (κ1) is 15.0. The molecule has 0 aromatic heterocycles. The first-order valence-electron chi connectivity index (χ1n) is 7.24. The van der Waals surface area contributed by atoms with Crippen molar-refractivity contribution in [2.45, 2.75) is 85.5 Å². The Morgan fingerprint density at radius 2 is 1.40 bits per heavy atom. The highest BCUT2D eigenvalue weighted by Gasteiger charge is 2.11. The standard InChI is InChI=1S/C15H32/c1-5-8-10-12-15(11-9-6-2)13-14(4)7-3/h14-15H,5-13H2,1-4H3. The molecule has 2 atom stereocenters. The van der Waals surface area contributed by atoms with Crippen molar-refractivity contribution in [3.8, 4) is 0 Å². The first-order chi connectivity index (χ1) is 7.24. The average molecular weight is 212 g/mol.